The van der Waals surface area contributed by atoms with Crippen LogP contribution in [0.5, 0.6) is 0 Å². The first-order chi connectivity index (χ1) is 8.63. The highest BCUT2D eigenvalue weighted by atomic mass is 79.9. The largest absolute Gasteiger partial charge is 0.305 e. The second kappa shape index (κ2) is 5.87. The predicted octanol–water partition coefficient (Wildman–Crippen LogP) is 3.53. The minimum Gasteiger partial charge on any atom is -0.305 e. The van der Waals surface area contributed by atoms with E-state index in [0.717, 1.165) is 27.3 Å². The smallest absolute Gasteiger partial charge is 0.0759 e. The van der Waals surface area contributed by atoms with Gasteiger partial charge in [-0.15, -0.1) is 0 Å². The number of aromatic nitrogens is 2. The van der Waals surface area contributed by atoms with Crippen LogP contribution in [-0.4, -0.2) is 16.3 Å². The summed E-state index contributed by atoms with van der Waals surface area (Å²) in [5.41, 5.74) is 2.23. The fourth-order valence-electron chi connectivity index (χ4n) is 1.98. The first-order valence-corrected chi connectivity index (χ1v) is 6.96. The lowest BCUT2D eigenvalue weighted by atomic mass is 10.0. The van der Waals surface area contributed by atoms with E-state index in [1.165, 1.54) is 0 Å². The normalized spacial score (nSPS) is 12.7. The van der Waals surface area contributed by atoms with Crippen LogP contribution in [-0.2, 0) is 7.05 Å². The number of halogens is 2. The average Bonchev–Trinajstić information content (AvgIpc) is 2.76. The third kappa shape index (κ3) is 2.76. The Bertz CT molecular complexity index is 539. The van der Waals surface area contributed by atoms with E-state index in [-0.39, 0.29) is 6.04 Å². The van der Waals surface area contributed by atoms with Gasteiger partial charge in [0.05, 0.1) is 11.7 Å². The van der Waals surface area contributed by atoms with Crippen LogP contribution in [0.1, 0.15) is 24.2 Å². The number of hydrogen-bond acceptors (Lipinski definition) is 2. The molecule has 0 amide bonds. The Morgan fingerprint density at radius 3 is 2.83 bits per heavy atom. The molecule has 0 radical (unpaired) electrons. The summed E-state index contributed by atoms with van der Waals surface area (Å²) in [6.07, 6.45) is 1.80. The number of nitrogens with zero attached hydrogens (tertiary/aromatic N) is 2. The molecule has 2 rings (SSSR count). The van der Waals surface area contributed by atoms with Gasteiger partial charge in [0.1, 0.15) is 0 Å². The molecule has 0 spiro atoms. The third-order valence-electron chi connectivity index (χ3n) is 2.83. The Balaban J connectivity index is 2.48. The molecule has 0 fully saturated rings. The molecule has 1 heterocycles. The van der Waals surface area contributed by atoms with Gasteiger partial charge in [0.25, 0.3) is 0 Å². The lowest BCUT2D eigenvalue weighted by molar-refractivity contribution is 0.571. The Morgan fingerprint density at radius 1 is 1.44 bits per heavy atom. The summed E-state index contributed by atoms with van der Waals surface area (Å²) in [6.45, 7) is 2.95. The van der Waals surface area contributed by atoms with Crippen LogP contribution in [0.2, 0.25) is 5.02 Å². The van der Waals surface area contributed by atoms with E-state index in [0.29, 0.717) is 0 Å². The molecule has 3 nitrogen and oxygen atoms in total. The predicted molar refractivity (Wildman–Crippen MR) is 77.9 cm³/mol. The Labute approximate surface area is 120 Å². The van der Waals surface area contributed by atoms with Crippen molar-refractivity contribution in [1.29, 1.82) is 0 Å². The summed E-state index contributed by atoms with van der Waals surface area (Å²) < 4.78 is 2.92. The van der Waals surface area contributed by atoms with Gasteiger partial charge >= 0.3 is 0 Å². The molecule has 0 aliphatic rings. The number of rotatable bonds is 4. The molecule has 1 atom stereocenters. The van der Waals surface area contributed by atoms with E-state index in [4.69, 9.17) is 11.6 Å². The highest BCUT2D eigenvalue weighted by Gasteiger charge is 2.18. The van der Waals surface area contributed by atoms with Crippen LogP contribution < -0.4 is 5.32 Å². The zero-order chi connectivity index (χ0) is 13.1. The molecule has 1 unspecified atom stereocenters. The quantitative estimate of drug-likeness (QED) is 0.930. The van der Waals surface area contributed by atoms with Crippen LogP contribution in [0.4, 0.5) is 0 Å². The molecule has 1 aromatic carbocycles. The van der Waals surface area contributed by atoms with E-state index in [1.54, 1.807) is 6.20 Å². The van der Waals surface area contributed by atoms with Crippen molar-refractivity contribution < 1.29 is 0 Å². The molecule has 1 N–H and O–H groups in total. The van der Waals surface area contributed by atoms with E-state index in [9.17, 15) is 0 Å². The number of aryl methyl sites for hydroxylation is 1. The van der Waals surface area contributed by atoms with Gasteiger partial charge in [-0.2, -0.15) is 5.10 Å². The Kier molecular flexibility index (Phi) is 4.43. The summed E-state index contributed by atoms with van der Waals surface area (Å²) in [6, 6.07) is 7.92. The molecule has 96 valence electrons. The summed E-state index contributed by atoms with van der Waals surface area (Å²) in [4.78, 5) is 0. The molecule has 0 aliphatic carbocycles. The molecule has 5 heteroatoms. The number of benzene rings is 1. The number of hydrogen-bond donors (Lipinski definition) is 1. The van der Waals surface area contributed by atoms with Gasteiger partial charge in [-0.05, 0) is 36.4 Å². The molecular formula is C13H15BrClN3. The van der Waals surface area contributed by atoms with Crippen molar-refractivity contribution >= 4 is 27.5 Å². The van der Waals surface area contributed by atoms with Gasteiger partial charge in [-0.25, -0.2) is 0 Å². The van der Waals surface area contributed by atoms with Crippen molar-refractivity contribution in [2.75, 3.05) is 6.54 Å². The van der Waals surface area contributed by atoms with Crippen LogP contribution in [0, 0.1) is 0 Å². The third-order valence-corrected chi connectivity index (χ3v) is 3.79. The molecule has 1 aromatic heterocycles. The average molecular weight is 329 g/mol. The Hall–Kier alpha value is -0.840. The SMILES string of the molecule is CCNC(c1cc(Cl)ccc1Br)c1ccnn1C. The topological polar surface area (TPSA) is 29.9 Å². The van der Waals surface area contributed by atoms with Gasteiger partial charge in [0.15, 0.2) is 0 Å². The zero-order valence-electron chi connectivity index (χ0n) is 10.3. The monoisotopic (exact) mass is 327 g/mol. The first-order valence-electron chi connectivity index (χ1n) is 5.79. The minimum atomic E-state index is 0.0792. The maximum absolute atomic E-state index is 6.09. The maximum Gasteiger partial charge on any atom is 0.0759 e. The van der Waals surface area contributed by atoms with Crippen molar-refractivity contribution in [3.8, 4) is 0 Å². The highest BCUT2D eigenvalue weighted by molar-refractivity contribution is 9.10. The van der Waals surface area contributed by atoms with Crippen molar-refractivity contribution in [3.05, 3.63) is 51.2 Å². The first kappa shape index (κ1) is 13.6. The van der Waals surface area contributed by atoms with Crippen LogP contribution in [0.25, 0.3) is 0 Å². The van der Waals surface area contributed by atoms with E-state index in [1.807, 2.05) is 36.0 Å². The molecule has 0 aliphatic heterocycles. The lowest BCUT2D eigenvalue weighted by Gasteiger charge is -2.20. The summed E-state index contributed by atoms with van der Waals surface area (Å²) >= 11 is 9.67. The Morgan fingerprint density at radius 2 is 2.22 bits per heavy atom. The van der Waals surface area contributed by atoms with Crippen molar-refractivity contribution in [2.24, 2.45) is 7.05 Å². The molecular weight excluding hydrogens is 314 g/mol. The molecule has 0 saturated heterocycles. The fourth-order valence-corrected chi connectivity index (χ4v) is 2.64. The maximum atomic E-state index is 6.09. The second-order valence-electron chi connectivity index (χ2n) is 4.04. The van der Waals surface area contributed by atoms with E-state index >= 15 is 0 Å². The van der Waals surface area contributed by atoms with Crippen LogP contribution in [0.15, 0.2) is 34.9 Å². The summed E-state index contributed by atoms with van der Waals surface area (Å²) in [7, 11) is 1.94. The minimum absolute atomic E-state index is 0.0792. The lowest BCUT2D eigenvalue weighted by Crippen LogP contribution is -2.24. The van der Waals surface area contributed by atoms with Crippen molar-refractivity contribution in [2.45, 2.75) is 13.0 Å². The standard InChI is InChI=1S/C13H15BrClN3/c1-3-16-13(12-6-7-17-18(12)2)10-8-9(15)4-5-11(10)14/h4-8,13,16H,3H2,1-2H3. The second-order valence-corrected chi connectivity index (χ2v) is 5.33. The van der Waals surface area contributed by atoms with Crippen LogP contribution in [0.3, 0.4) is 0 Å². The van der Waals surface area contributed by atoms with E-state index in [2.05, 4.69) is 33.3 Å². The summed E-state index contributed by atoms with van der Waals surface area (Å²) in [5.74, 6) is 0. The zero-order valence-corrected chi connectivity index (χ0v) is 12.7. The molecule has 18 heavy (non-hydrogen) atoms. The van der Waals surface area contributed by atoms with Gasteiger partial charge in [0, 0.05) is 22.7 Å². The molecule has 0 saturated carbocycles. The number of nitrogens with one attached hydrogen (secondary N) is 1. The van der Waals surface area contributed by atoms with Crippen molar-refractivity contribution in [1.82, 2.24) is 15.1 Å². The summed E-state index contributed by atoms with van der Waals surface area (Å²) in [5, 5.41) is 8.42. The molecule has 0 bridgehead atoms. The van der Waals surface area contributed by atoms with Gasteiger partial charge < -0.3 is 5.32 Å². The fraction of sp³-hybridized carbons (Fsp3) is 0.308. The van der Waals surface area contributed by atoms with E-state index < -0.39 is 0 Å². The van der Waals surface area contributed by atoms with Gasteiger partial charge in [0.2, 0.25) is 0 Å². The highest BCUT2D eigenvalue weighted by Crippen LogP contribution is 2.30. The van der Waals surface area contributed by atoms with Gasteiger partial charge in [-0.3, -0.25) is 4.68 Å². The van der Waals surface area contributed by atoms with Gasteiger partial charge in [-0.1, -0.05) is 34.5 Å². The van der Waals surface area contributed by atoms with Crippen molar-refractivity contribution in [3.63, 3.8) is 0 Å². The molecule has 2 aromatic rings. The van der Waals surface area contributed by atoms with Crippen LogP contribution >= 0.6 is 27.5 Å².